The number of hydrogen-bond acceptors (Lipinski definition) is 1. The zero-order chi connectivity index (χ0) is 13.2. The van der Waals surface area contributed by atoms with Gasteiger partial charge >= 0.3 is 6.18 Å². The van der Waals surface area contributed by atoms with Crippen LogP contribution in [0.1, 0.15) is 43.2 Å². The molecule has 1 nitrogen and oxygen atoms in total. The van der Waals surface area contributed by atoms with E-state index in [1.165, 1.54) is 25.3 Å². The Bertz CT molecular complexity index is 406. The maximum atomic E-state index is 12.4. The smallest absolute Gasteiger partial charge is 0.416 e. The van der Waals surface area contributed by atoms with E-state index in [0.29, 0.717) is 17.9 Å². The minimum Gasteiger partial charge on any atom is -0.508 e. The Morgan fingerprint density at radius 3 is 2.33 bits per heavy atom. The molecule has 0 spiro atoms. The SMILES string of the molecule is Oc1cc(C(F)(F)F)ccc1CC1CCCCC1. The van der Waals surface area contributed by atoms with E-state index in [0.717, 1.165) is 25.0 Å². The van der Waals surface area contributed by atoms with Gasteiger partial charge in [-0.1, -0.05) is 38.2 Å². The second-order valence-electron chi connectivity index (χ2n) is 5.05. The second-order valence-corrected chi connectivity index (χ2v) is 5.05. The van der Waals surface area contributed by atoms with Crippen molar-refractivity contribution in [2.45, 2.75) is 44.7 Å². The molecule has 0 heterocycles. The minimum absolute atomic E-state index is 0.226. The number of alkyl halides is 3. The molecule has 1 N–H and O–H groups in total. The van der Waals surface area contributed by atoms with Crippen molar-refractivity contribution >= 4 is 0 Å². The Labute approximate surface area is 105 Å². The summed E-state index contributed by atoms with van der Waals surface area (Å²) < 4.78 is 37.3. The summed E-state index contributed by atoms with van der Waals surface area (Å²) in [6.45, 7) is 0. The third-order valence-corrected chi connectivity index (χ3v) is 3.65. The Hall–Kier alpha value is -1.19. The molecule has 0 saturated heterocycles. The number of benzene rings is 1. The van der Waals surface area contributed by atoms with Crippen molar-refractivity contribution in [3.63, 3.8) is 0 Å². The maximum Gasteiger partial charge on any atom is 0.416 e. The highest BCUT2D eigenvalue weighted by Gasteiger charge is 2.31. The molecule has 1 aliphatic carbocycles. The van der Waals surface area contributed by atoms with Gasteiger partial charge in [0.1, 0.15) is 5.75 Å². The molecule has 1 aromatic carbocycles. The quantitative estimate of drug-likeness (QED) is 0.826. The number of phenols is 1. The summed E-state index contributed by atoms with van der Waals surface area (Å²) in [4.78, 5) is 0. The van der Waals surface area contributed by atoms with Crippen LogP contribution in [0.2, 0.25) is 0 Å². The van der Waals surface area contributed by atoms with Crippen molar-refractivity contribution in [3.8, 4) is 5.75 Å². The predicted molar refractivity (Wildman–Crippen MR) is 63.4 cm³/mol. The Morgan fingerprint density at radius 2 is 1.78 bits per heavy atom. The Balaban J connectivity index is 2.09. The van der Waals surface area contributed by atoms with Gasteiger partial charge in [0, 0.05) is 0 Å². The number of phenolic OH excluding ortho intramolecular Hbond substituents is 1. The highest BCUT2D eigenvalue weighted by Crippen LogP contribution is 2.35. The normalized spacial score (nSPS) is 17.9. The molecule has 1 fully saturated rings. The van der Waals surface area contributed by atoms with E-state index in [4.69, 9.17) is 0 Å². The summed E-state index contributed by atoms with van der Waals surface area (Å²) in [6.07, 6.45) is 2.14. The molecule has 1 aromatic rings. The van der Waals surface area contributed by atoms with E-state index in [1.807, 2.05) is 0 Å². The van der Waals surface area contributed by atoms with E-state index in [-0.39, 0.29) is 5.75 Å². The Kier molecular flexibility index (Phi) is 3.83. The first-order valence-corrected chi connectivity index (χ1v) is 6.36. The van der Waals surface area contributed by atoms with E-state index in [2.05, 4.69) is 0 Å². The van der Waals surface area contributed by atoms with Crippen LogP contribution in [0.3, 0.4) is 0 Å². The van der Waals surface area contributed by atoms with Gasteiger partial charge in [0.25, 0.3) is 0 Å². The summed E-state index contributed by atoms with van der Waals surface area (Å²) in [7, 11) is 0. The van der Waals surface area contributed by atoms with Crippen LogP contribution < -0.4 is 0 Å². The number of halogens is 3. The molecule has 18 heavy (non-hydrogen) atoms. The summed E-state index contributed by atoms with van der Waals surface area (Å²) in [5, 5.41) is 9.69. The number of hydrogen-bond donors (Lipinski definition) is 1. The lowest BCUT2D eigenvalue weighted by Gasteiger charge is -2.22. The van der Waals surface area contributed by atoms with Gasteiger partial charge in [0.2, 0.25) is 0 Å². The van der Waals surface area contributed by atoms with Gasteiger partial charge in [-0.05, 0) is 30.0 Å². The first-order valence-electron chi connectivity index (χ1n) is 6.36. The van der Waals surface area contributed by atoms with Crippen molar-refractivity contribution in [2.24, 2.45) is 5.92 Å². The van der Waals surface area contributed by atoms with Crippen LogP contribution in [-0.4, -0.2) is 5.11 Å². The Morgan fingerprint density at radius 1 is 1.11 bits per heavy atom. The predicted octanol–water partition coefficient (Wildman–Crippen LogP) is 4.53. The molecule has 1 saturated carbocycles. The lowest BCUT2D eigenvalue weighted by atomic mass is 9.84. The van der Waals surface area contributed by atoms with Crippen LogP contribution in [-0.2, 0) is 12.6 Å². The molecule has 0 aliphatic heterocycles. The first kappa shape index (κ1) is 13.2. The molecule has 0 atom stereocenters. The van der Waals surface area contributed by atoms with Crippen molar-refractivity contribution in [1.82, 2.24) is 0 Å². The molecule has 2 rings (SSSR count). The first-order chi connectivity index (χ1) is 8.47. The largest absolute Gasteiger partial charge is 0.508 e. The van der Waals surface area contributed by atoms with E-state index >= 15 is 0 Å². The van der Waals surface area contributed by atoms with Crippen LogP contribution in [0.15, 0.2) is 18.2 Å². The fourth-order valence-corrected chi connectivity index (χ4v) is 2.62. The highest BCUT2D eigenvalue weighted by molar-refractivity contribution is 5.37. The average molecular weight is 258 g/mol. The van der Waals surface area contributed by atoms with Crippen LogP contribution in [0, 0.1) is 5.92 Å². The lowest BCUT2D eigenvalue weighted by Crippen LogP contribution is -2.10. The standard InChI is InChI=1S/C14H17F3O/c15-14(16,17)12-7-6-11(13(18)9-12)8-10-4-2-1-3-5-10/h6-7,9-10,18H,1-5,8H2. The topological polar surface area (TPSA) is 20.2 Å². The van der Waals surface area contributed by atoms with Gasteiger partial charge in [0.05, 0.1) is 5.56 Å². The molecular formula is C14H17F3O. The average Bonchev–Trinajstić information content (AvgIpc) is 2.32. The van der Waals surface area contributed by atoms with E-state index in [1.54, 1.807) is 0 Å². The molecule has 0 amide bonds. The number of rotatable bonds is 2. The monoisotopic (exact) mass is 258 g/mol. The third-order valence-electron chi connectivity index (χ3n) is 3.65. The zero-order valence-electron chi connectivity index (χ0n) is 10.1. The molecule has 0 aromatic heterocycles. The molecule has 0 unspecified atom stereocenters. The second kappa shape index (κ2) is 5.21. The maximum absolute atomic E-state index is 12.4. The summed E-state index contributed by atoms with van der Waals surface area (Å²) in [5.74, 6) is 0.275. The van der Waals surface area contributed by atoms with E-state index < -0.39 is 11.7 Å². The van der Waals surface area contributed by atoms with E-state index in [9.17, 15) is 18.3 Å². The molecule has 0 radical (unpaired) electrons. The molecule has 1 aliphatic rings. The third kappa shape index (κ3) is 3.18. The van der Waals surface area contributed by atoms with Crippen LogP contribution >= 0.6 is 0 Å². The van der Waals surface area contributed by atoms with Gasteiger partial charge in [-0.25, -0.2) is 0 Å². The molecule has 100 valence electrons. The molecule has 4 heteroatoms. The van der Waals surface area contributed by atoms with Gasteiger partial charge in [-0.15, -0.1) is 0 Å². The van der Waals surface area contributed by atoms with Crippen molar-refractivity contribution in [3.05, 3.63) is 29.3 Å². The van der Waals surface area contributed by atoms with Crippen molar-refractivity contribution in [2.75, 3.05) is 0 Å². The van der Waals surface area contributed by atoms with Gasteiger partial charge < -0.3 is 5.11 Å². The van der Waals surface area contributed by atoms with Crippen LogP contribution in [0.4, 0.5) is 13.2 Å². The number of aromatic hydroxyl groups is 1. The van der Waals surface area contributed by atoms with Gasteiger partial charge in [-0.2, -0.15) is 13.2 Å². The summed E-state index contributed by atoms with van der Waals surface area (Å²) in [6, 6.07) is 3.29. The van der Waals surface area contributed by atoms with Crippen molar-refractivity contribution < 1.29 is 18.3 Å². The highest BCUT2D eigenvalue weighted by atomic mass is 19.4. The molecular weight excluding hydrogens is 241 g/mol. The van der Waals surface area contributed by atoms with Gasteiger partial charge in [-0.3, -0.25) is 0 Å². The van der Waals surface area contributed by atoms with Crippen molar-refractivity contribution in [1.29, 1.82) is 0 Å². The van der Waals surface area contributed by atoms with Crippen LogP contribution in [0.5, 0.6) is 5.75 Å². The minimum atomic E-state index is -4.39. The lowest BCUT2D eigenvalue weighted by molar-refractivity contribution is -0.137. The fourth-order valence-electron chi connectivity index (χ4n) is 2.62. The zero-order valence-corrected chi connectivity index (χ0v) is 10.1. The van der Waals surface area contributed by atoms with Crippen LogP contribution in [0.25, 0.3) is 0 Å². The molecule has 0 bridgehead atoms. The fraction of sp³-hybridized carbons (Fsp3) is 0.571. The summed E-state index contributed by atoms with van der Waals surface area (Å²) in [5.41, 5.74) is -0.151. The summed E-state index contributed by atoms with van der Waals surface area (Å²) >= 11 is 0. The van der Waals surface area contributed by atoms with Gasteiger partial charge in [0.15, 0.2) is 0 Å².